The van der Waals surface area contributed by atoms with Gasteiger partial charge in [-0.05, 0) is 13.5 Å². The van der Waals surface area contributed by atoms with Gasteiger partial charge in [-0.1, -0.05) is 0 Å². The number of rotatable bonds is 4. The molecule has 0 aliphatic carbocycles. The van der Waals surface area contributed by atoms with Crippen molar-refractivity contribution in [2.75, 3.05) is 19.6 Å². The van der Waals surface area contributed by atoms with Gasteiger partial charge in [0.2, 0.25) is 0 Å². The van der Waals surface area contributed by atoms with Crippen LogP contribution >= 0.6 is 0 Å². The molecule has 0 rings (SSSR count). The molecule has 2 nitrogen and oxygen atoms in total. The molecule has 0 aromatic carbocycles. The largest absolute Gasteiger partial charge is 0.330 e. The predicted molar refractivity (Wildman–Crippen MR) is 41.1 cm³/mol. The Morgan fingerprint density at radius 2 is 2.22 bits per heavy atom. The van der Waals surface area contributed by atoms with E-state index in [0.717, 1.165) is 26.1 Å². The van der Waals surface area contributed by atoms with E-state index < -0.39 is 0 Å². The van der Waals surface area contributed by atoms with Crippen molar-refractivity contribution in [1.82, 2.24) is 0 Å². The molecule has 9 heavy (non-hydrogen) atoms. The zero-order chi connectivity index (χ0) is 7.11. The first-order valence-corrected chi connectivity index (χ1v) is 3.58. The van der Waals surface area contributed by atoms with E-state index in [0.29, 0.717) is 0 Å². The highest BCUT2D eigenvalue weighted by atomic mass is 15.0. The van der Waals surface area contributed by atoms with Crippen LogP contribution in [0, 0.1) is 0 Å². The molecule has 0 atom stereocenters. The summed E-state index contributed by atoms with van der Waals surface area (Å²) in [5, 5.41) is 0. The van der Waals surface area contributed by atoms with Gasteiger partial charge in [0, 0.05) is 13.3 Å². The summed E-state index contributed by atoms with van der Waals surface area (Å²) in [5.74, 6) is 0. The second-order valence-electron chi connectivity index (χ2n) is 2.03. The molecule has 0 amide bonds. The average Bonchev–Trinajstić information content (AvgIpc) is 1.91. The second kappa shape index (κ2) is 5.76. The van der Waals surface area contributed by atoms with Crippen LogP contribution in [0.5, 0.6) is 0 Å². The van der Waals surface area contributed by atoms with Crippen molar-refractivity contribution in [3.05, 3.63) is 0 Å². The average molecular weight is 129 g/mol. The second-order valence-corrected chi connectivity index (χ2v) is 2.03. The van der Waals surface area contributed by atoms with Crippen molar-refractivity contribution in [1.29, 1.82) is 0 Å². The summed E-state index contributed by atoms with van der Waals surface area (Å²) in [6.07, 6.45) is 3.20. The van der Waals surface area contributed by atoms with E-state index in [1.807, 2.05) is 0 Å². The minimum Gasteiger partial charge on any atom is -0.330 e. The van der Waals surface area contributed by atoms with Crippen LogP contribution < -0.4 is 5.73 Å². The fourth-order valence-electron chi connectivity index (χ4n) is 0.764. The normalized spacial score (nSPS) is 12.1. The maximum Gasteiger partial charge on any atom is 0.143 e. The third-order valence-corrected chi connectivity index (χ3v) is 1.42. The maximum atomic E-state index is 5.35. The van der Waals surface area contributed by atoms with E-state index >= 15 is 0 Å². The van der Waals surface area contributed by atoms with Crippen molar-refractivity contribution in [3.8, 4) is 0 Å². The molecule has 0 aliphatic rings. The molecule has 0 aromatic heterocycles. The smallest absolute Gasteiger partial charge is 0.143 e. The summed E-state index contributed by atoms with van der Waals surface area (Å²) in [6, 6.07) is 0. The van der Waals surface area contributed by atoms with Gasteiger partial charge in [-0.15, -0.1) is 0 Å². The number of hydrogen-bond acceptors (Lipinski definition) is 1. The maximum absolute atomic E-state index is 5.35. The van der Waals surface area contributed by atoms with E-state index in [-0.39, 0.29) is 0 Å². The van der Waals surface area contributed by atoms with Gasteiger partial charge >= 0.3 is 0 Å². The Balaban J connectivity index is 3.33. The lowest BCUT2D eigenvalue weighted by atomic mass is 10.4. The molecule has 0 radical (unpaired) electrons. The molecule has 0 spiro atoms. The zero-order valence-electron chi connectivity index (χ0n) is 6.43. The van der Waals surface area contributed by atoms with E-state index in [9.17, 15) is 0 Å². The van der Waals surface area contributed by atoms with E-state index in [2.05, 4.69) is 24.6 Å². The Morgan fingerprint density at radius 3 is 2.56 bits per heavy atom. The van der Waals surface area contributed by atoms with Crippen molar-refractivity contribution in [2.24, 2.45) is 5.73 Å². The fourth-order valence-corrected chi connectivity index (χ4v) is 0.764. The molecule has 0 bridgehead atoms. The molecular weight excluding hydrogens is 112 g/mol. The van der Waals surface area contributed by atoms with Crippen molar-refractivity contribution >= 4 is 6.21 Å². The van der Waals surface area contributed by atoms with Gasteiger partial charge < -0.3 is 5.73 Å². The van der Waals surface area contributed by atoms with Gasteiger partial charge in [0.1, 0.15) is 19.3 Å². The molecule has 0 saturated heterocycles. The summed E-state index contributed by atoms with van der Waals surface area (Å²) in [4.78, 5) is 0. The molecule has 0 unspecified atom stereocenters. The Labute approximate surface area is 57.4 Å². The molecule has 54 valence electrons. The molecule has 0 saturated carbocycles. The fraction of sp³-hybridized carbons (Fsp3) is 0.857. The third kappa shape index (κ3) is 4.15. The molecule has 0 aromatic rings. The number of nitrogens with zero attached hydrogens (tertiary/aromatic N) is 1. The highest BCUT2D eigenvalue weighted by Gasteiger charge is 1.94. The lowest BCUT2D eigenvalue weighted by Gasteiger charge is -1.96. The monoisotopic (exact) mass is 129 g/mol. The molecule has 2 heteroatoms. The predicted octanol–water partition coefficient (Wildman–Crippen LogP) is 0.458. The third-order valence-electron chi connectivity index (χ3n) is 1.42. The Morgan fingerprint density at radius 1 is 1.56 bits per heavy atom. The van der Waals surface area contributed by atoms with Gasteiger partial charge in [-0.3, -0.25) is 0 Å². The minimum absolute atomic E-state index is 0.796. The molecule has 0 aliphatic heterocycles. The van der Waals surface area contributed by atoms with Crippen molar-refractivity contribution < 1.29 is 4.58 Å². The number of nitrogens with two attached hydrogens (primary N) is 1. The van der Waals surface area contributed by atoms with E-state index in [4.69, 9.17) is 5.73 Å². The van der Waals surface area contributed by atoms with Gasteiger partial charge in [0.05, 0.1) is 0 Å². The van der Waals surface area contributed by atoms with Crippen LogP contribution in [0.3, 0.4) is 0 Å². The molecule has 2 N–H and O–H groups in total. The van der Waals surface area contributed by atoms with Gasteiger partial charge in [-0.2, -0.15) is 0 Å². The summed E-state index contributed by atoms with van der Waals surface area (Å²) in [7, 11) is 0. The Bertz CT molecular complexity index is 86.9. The van der Waals surface area contributed by atoms with E-state index in [1.165, 1.54) is 0 Å². The summed E-state index contributed by atoms with van der Waals surface area (Å²) in [5.41, 5.74) is 5.35. The molecular formula is C7H17N2+. The number of hydrogen-bond donors (Lipinski definition) is 1. The Kier molecular flexibility index (Phi) is 5.52. The van der Waals surface area contributed by atoms with Crippen LogP contribution in [-0.2, 0) is 0 Å². The summed E-state index contributed by atoms with van der Waals surface area (Å²) < 4.78 is 2.26. The highest BCUT2D eigenvalue weighted by Crippen LogP contribution is 1.77. The quantitative estimate of drug-likeness (QED) is 0.433. The summed E-state index contributed by atoms with van der Waals surface area (Å²) in [6.45, 7) is 7.20. The van der Waals surface area contributed by atoms with Crippen LogP contribution in [0.15, 0.2) is 0 Å². The van der Waals surface area contributed by atoms with E-state index in [1.54, 1.807) is 0 Å². The minimum atomic E-state index is 0.796. The standard InChI is InChI=1S/C7H17N2/c1-3-9(4-2)7-5-6-8/h3H,4-8H2,1-2H3/q+1/b9-3-. The van der Waals surface area contributed by atoms with Crippen LogP contribution in [0.25, 0.3) is 0 Å². The van der Waals surface area contributed by atoms with Crippen molar-refractivity contribution in [3.63, 3.8) is 0 Å². The topological polar surface area (TPSA) is 29.0 Å². The lowest BCUT2D eigenvalue weighted by Crippen LogP contribution is -2.16. The van der Waals surface area contributed by atoms with Gasteiger partial charge in [0.25, 0.3) is 0 Å². The highest BCUT2D eigenvalue weighted by molar-refractivity contribution is 5.46. The first-order chi connectivity index (χ1) is 4.35. The molecule has 0 heterocycles. The van der Waals surface area contributed by atoms with Gasteiger partial charge in [0.15, 0.2) is 0 Å². The SMILES string of the molecule is C/C=[N+](/CC)CCCN. The van der Waals surface area contributed by atoms with Crippen LogP contribution in [0.4, 0.5) is 0 Å². The Hall–Kier alpha value is -0.370. The van der Waals surface area contributed by atoms with Crippen LogP contribution in [0.1, 0.15) is 20.3 Å². The lowest BCUT2D eigenvalue weighted by molar-refractivity contribution is -0.520. The zero-order valence-corrected chi connectivity index (χ0v) is 6.43. The van der Waals surface area contributed by atoms with Crippen LogP contribution in [-0.4, -0.2) is 30.4 Å². The first-order valence-electron chi connectivity index (χ1n) is 3.58. The first kappa shape index (κ1) is 8.63. The summed E-state index contributed by atoms with van der Waals surface area (Å²) >= 11 is 0. The van der Waals surface area contributed by atoms with Crippen molar-refractivity contribution in [2.45, 2.75) is 20.3 Å². The molecule has 0 fully saturated rings. The van der Waals surface area contributed by atoms with Gasteiger partial charge in [-0.25, -0.2) is 4.58 Å². The van der Waals surface area contributed by atoms with Crippen LogP contribution in [0.2, 0.25) is 0 Å².